The fourth-order valence-corrected chi connectivity index (χ4v) is 6.58. The van der Waals surface area contributed by atoms with Gasteiger partial charge in [-0.05, 0) is 71.7 Å². The Morgan fingerprint density at radius 1 is 0.947 bits per heavy atom. The van der Waals surface area contributed by atoms with Crippen LogP contribution < -0.4 is 0 Å². The minimum atomic E-state index is -2.53. The second-order valence-electron chi connectivity index (χ2n) is 11.9. The summed E-state index contributed by atoms with van der Waals surface area (Å²) in [6, 6.07) is 16.2. The van der Waals surface area contributed by atoms with Gasteiger partial charge in [0.1, 0.15) is 0 Å². The summed E-state index contributed by atoms with van der Waals surface area (Å²) in [7, 11) is 1.61. The van der Waals surface area contributed by atoms with Crippen molar-refractivity contribution in [3.8, 4) is 0 Å². The normalized spacial score (nSPS) is 29.1. The van der Waals surface area contributed by atoms with Crippen molar-refractivity contribution in [1.29, 1.82) is 0 Å². The number of benzene rings is 2. The third-order valence-electron chi connectivity index (χ3n) is 8.84. The number of hydrogen-bond acceptors (Lipinski definition) is 4. The maximum atomic E-state index is 11.2. The molecule has 4 heteroatoms. The average Bonchev–Trinajstić information content (AvgIpc) is 2.96. The lowest BCUT2D eigenvalue weighted by molar-refractivity contribution is -0.161. The van der Waals surface area contributed by atoms with Gasteiger partial charge in [-0.25, -0.2) is 0 Å². The molecule has 0 radical (unpaired) electrons. The third-order valence-corrected chi connectivity index (χ3v) is 8.84. The molecule has 1 heterocycles. The van der Waals surface area contributed by atoms with Crippen molar-refractivity contribution in [1.82, 2.24) is 9.80 Å². The fraction of sp³-hybridized carbons (Fsp3) is 0.647. The van der Waals surface area contributed by atoms with E-state index in [2.05, 4.69) is 0 Å². The second kappa shape index (κ2) is 13.1. The number of hydrogen-bond donors (Lipinski definition) is 1. The summed E-state index contributed by atoms with van der Waals surface area (Å²) < 4.78 is 68.2. The first kappa shape index (κ1) is 20.2. The summed E-state index contributed by atoms with van der Waals surface area (Å²) in [4.78, 5) is 2.27. The van der Waals surface area contributed by atoms with Crippen LogP contribution in [0.4, 0.5) is 0 Å². The summed E-state index contributed by atoms with van der Waals surface area (Å²) in [6.07, 6.45) is 9.33. The van der Waals surface area contributed by atoms with E-state index in [1.165, 1.54) is 10.5 Å². The molecule has 2 unspecified atom stereocenters. The van der Waals surface area contributed by atoms with Crippen LogP contribution in [-0.4, -0.2) is 66.9 Å². The predicted octanol–water partition coefficient (Wildman–Crippen LogP) is 7.04. The van der Waals surface area contributed by atoms with Crippen LogP contribution in [0, 0.1) is 13.8 Å². The lowest BCUT2D eigenvalue weighted by atomic mass is 9.71. The zero-order valence-corrected chi connectivity index (χ0v) is 23.5. The molecule has 1 aliphatic heterocycles. The predicted molar refractivity (Wildman–Crippen MR) is 159 cm³/mol. The molecule has 2 aromatic carbocycles. The lowest BCUT2D eigenvalue weighted by Crippen LogP contribution is -2.52. The van der Waals surface area contributed by atoms with Crippen LogP contribution in [0.25, 0.3) is 0 Å². The molecule has 210 valence electrons. The summed E-state index contributed by atoms with van der Waals surface area (Å²) in [5.41, 5.74) is 2.98. The minimum Gasteiger partial charge on any atom is -0.389 e. The van der Waals surface area contributed by atoms with E-state index >= 15 is 0 Å². The second-order valence-corrected chi connectivity index (χ2v) is 11.9. The zero-order valence-electron chi connectivity index (χ0n) is 31.5. The summed E-state index contributed by atoms with van der Waals surface area (Å²) in [6.45, 7) is -2.39. The van der Waals surface area contributed by atoms with Crippen molar-refractivity contribution in [3.63, 3.8) is 0 Å². The van der Waals surface area contributed by atoms with Gasteiger partial charge in [-0.1, -0.05) is 98.2 Å². The van der Waals surface area contributed by atoms with Gasteiger partial charge in [-0.15, -0.1) is 0 Å². The number of aryl methyl sites for hydroxylation is 2. The SMILES string of the molecule is [2H]C([2H])([2H])N(C)CC(c1ccc(C)cc1)C1(O)CCCCC1.[2H]C([2H])([2H])N1CC(c2ccc(C)cc2)C2(CCCCC2)OC1([2H])[2H]. The van der Waals surface area contributed by atoms with Gasteiger partial charge in [0.15, 0.2) is 0 Å². The quantitative estimate of drug-likeness (QED) is 0.452. The van der Waals surface area contributed by atoms with Crippen LogP contribution in [0.2, 0.25) is 0 Å². The van der Waals surface area contributed by atoms with Crippen LogP contribution in [-0.2, 0) is 4.74 Å². The van der Waals surface area contributed by atoms with Gasteiger partial charge >= 0.3 is 0 Å². The standard InChI is InChI=1S/C17H25NO.C17H27NO/c1-14-6-8-15(9-7-14)16-12-18(2)13-19-17(16)10-4-3-5-11-17;1-14-7-9-15(10-8-14)16(13-18(2)3)17(19)11-5-4-6-12-17/h6-9,16H,3-5,10-13H2,1-2H3;7-10,16,19H,4-6,11-13H2,1-3H3/i2D3,13D2;2D3. The van der Waals surface area contributed by atoms with Gasteiger partial charge in [-0.2, -0.15) is 0 Å². The van der Waals surface area contributed by atoms with Gasteiger partial charge in [0.25, 0.3) is 0 Å². The molecule has 2 atom stereocenters. The van der Waals surface area contributed by atoms with E-state index in [0.29, 0.717) is 6.54 Å². The van der Waals surface area contributed by atoms with Crippen LogP contribution in [0.1, 0.15) is 109 Å². The van der Waals surface area contributed by atoms with E-state index in [4.69, 9.17) is 15.7 Å². The molecule has 5 rings (SSSR count). The van der Waals surface area contributed by atoms with Gasteiger partial charge < -0.3 is 14.7 Å². The Bertz CT molecular complexity index is 1250. The Morgan fingerprint density at radius 3 is 2.11 bits per heavy atom. The molecule has 38 heavy (non-hydrogen) atoms. The third kappa shape index (κ3) is 7.27. The Morgan fingerprint density at radius 2 is 1.53 bits per heavy atom. The molecule has 1 spiro atoms. The Kier molecular flexibility index (Phi) is 6.96. The molecular formula is C34H52N2O2. The van der Waals surface area contributed by atoms with E-state index in [1.807, 2.05) is 62.4 Å². The van der Waals surface area contributed by atoms with E-state index in [-0.39, 0.29) is 18.4 Å². The smallest absolute Gasteiger partial charge is 0.0995 e. The van der Waals surface area contributed by atoms with Crippen LogP contribution in [0.5, 0.6) is 0 Å². The topological polar surface area (TPSA) is 35.9 Å². The van der Waals surface area contributed by atoms with Gasteiger partial charge in [-0.3, -0.25) is 4.90 Å². The highest BCUT2D eigenvalue weighted by molar-refractivity contribution is 5.29. The first-order chi connectivity index (χ1) is 21.4. The van der Waals surface area contributed by atoms with Crippen LogP contribution >= 0.6 is 0 Å². The van der Waals surface area contributed by atoms with Gasteiger partial charge in [0.2, 0.25) is 0 Å². The van der Waals surface area contributed by atoms with Crippen molar-refractivity contribution in [2.45, 2.75) is 101 Å². The first-order valence-electron chi connectivity index (χ1n) is 18.4. The minimum absolute atomic E-state index is 0.136. The molecule has 3 aliphatic rings. The molecule has 2 aliphatic carbocycles. The largest absolute Gasteiger partial charge is 0.389 e. The average molecular weight is 529 g/mol. The molecule has 0 bridgehead atoms. The highest BCUT2D eigenvalue weighted by atomic mass is 16.5. The lowest BCUT2D eigenvalue weighted by Gasteiger charge is -2.49. The van der Waals surface area contributed by atoms with Crippen molar-refractivity contribution in [2.75, 3.05) is 40.8 Å². The highest BCUT2D eigenvalue weighted by Gasteiger charge is 2.45. The molecule has 1 saturated heterocycles. The summed E-state index contributed by atoms with van der Waals surface area (Å²) in [5.74, 6) is -0.304. The number of nitrogens with zero attached hydrogens (tertiary/aromatic N) is 2. The molecule has 2 saturated carbocycles. The zero-order chi connectivity index (χ0) is 34.0. The van der Waals surface area contributed by atoms with Gasteiger partial charge in [0, 0.05) is 33.1 Å². The van der Waals surface area contributed by atoms with E-state index in [0.717, 1.165) is 85.8 Å². The summed E-state index contributed by atoms with van der Waals surface area (Å²) in [5, 5.41) is 11.2. The maximum Gasteiger partial charge on any atom is 0.0995 e. The van der Waals surface area contributed by atoms with E-state index in [9.17, 15) is 5.11 Å². The van der Waals surface area contributed by atoms with Crippen molar-refractivity contribution in [3.05, 3.63) is 70.8 Å². The molecular weight excluding hydrogens is 468 g/mol. The number of rotatable bonds is 5. The maximum absolute atomic E-state index is 11.2. The first-order valence-corrected chi connectivity index (χ1v) is 14.4. The van der Waals surface area contributed by atoms with Gasteiger partial charge in [0.05, 0.1) is 20.6 Å². The van der Waals surface area contributed by atoms with E-state index in [1.54, 1.807) is 7.05 Å². The molecule has 0 amide bonds. The van der Waals surface area contributed by atoms with Crippen molar-refractivity contribution < 1.29 is 20.8 Å². The molecule has 0 aromatic heterocycles. The molecule has 3 fully saturated rings. The van der Waals surface area contributed by atoms with Crippen LogP contribution in [0.3, 0.4) is 0 Å². The van der Waals surface area contributed by atoms with Crippen molar-refractivity contribution in [2.24, 2.45) is 0 Å². The Balaban J connectivity index is 0.000000210. The monoisotopic (exact) mass is 528 g/mol. The van der Waals surface area contributed by atoms with Crippen LogP contribution in [0.15, 0.2) is 48.5 Å². The number of aliphatic hydroxyl groups is 1. The molecule has 2 aromatic rings. The fourth-order valence-electron chi connectivity index (χ4n) is 6.58. The van der Waals surface area contributed by atoms with E-state index < -0.39 is 31.8 Å². The molecule has 1 N–H and O–H groups in total. The summed E-state index contributed by atoms with van der Waals surface area (Å²) >= 11 is 0. The molecule has 4 nitrogen and oxygen atoms in total. The number of ether oxygens (including phenoxy) is 1. The number of likely N-dealkylation sites (N-methyl/N-ethyl adjacent to an activating group) is 2. The highest BCUT2D eigenvalue weighted by Crippen LogP contribution is 2.45. The Labute approximate surface area is 243 Å². The van der Waals surface area contributed by atoms with Crippen molar-refractivity contribution >= 4 is 0 Å². The Hall–Kier alpha value is -1.72.